The fraction of sp³-hybridized carbons (Fsp3) is 0.394. The van der Waals surface area contributed by atoms with Gasteiger partial charge in [-0.15, -0.1) is 0 Å². The lowest BCUT2D eigenvalue weighted by Gasteiger charge is -2.34. The van der Waals surface area contributed by atoms with E-state index in [4.69, 9.17) is 21.1 Å². The van der Waals surface area contributed by atoms with E-state index >= 15 is 0 Å². The highest BCUT2D eigenvalue weighted by Gasteiger charge is 2.35. The number of carbonyl (C=O) groups excluding carboxylic acids is 2. The Morgan fingerprint density at radius 3 is 2.23 bits per heavy atom. The quantitative estimate of drug-likeness (QED) is 0.253. The van der Waals surface area contributed by atoms with E-state index in [0.29, 0.717) is 28.4 Å². The first kappa shape index (κ1) is 33.1. The monoisotopic (exact) mass is 641 g/mol. The van der Waals surface area contributed by atoms with Crippen molar-refractivity contribution >= 4 is 39.1 Å². The highest BCUT2D eigenvalue weighted by atomic mass is 35.5. The van der Waals surface area contributed by atoms with Crippen molar-refractivity contribution in [1.82, 2.24) is 10.2 Å². The molecule has 1 unspecified atom stereocenters. The molecule has 4 rings (SSSR count). The Balaban J connectivity index is 1.72. The maximum Gasteiger partial charge on any atom is 0.264 e. The molecular weight excluding hydrogens is 602 g/mol. The zero-order valence-electron chi connectivity index (χ0n) is 25.4. The summed E-state index contributed by atoms with van der Waals surface area (Å²) in [6.07, 6.45) is 5.36. The van der Waals surface area contributed by atoms with Gasteiger partial charge in [0.1, 0.15) is 12.6 Å². The number of benzene rings is 3. The number of halogens is 1. The molecule has 0 spiro atoms. The summed E-state index contributed by atoms with van der Waals surface area (Å²) in [4.78, 5) is 29.3. The molecule has 2 amide bonds. The number of rotatable bonds is 13. The number of anilines is 1. The molecule has 1 N–H and O–H groups in total. The van der Waals surface area contributed by atoms with Crippen LogP contribution < -0.4 is 19.1 Å². The van der Waals surface area contributed by atoms with Crippen LogP contribution >= 0.6 is 11.6 Å². The van der Waals surface area contributed by atoms with E-state index in [9.17, 15) is 18.0 Å². The van der Waals surface area contributed by atoms with Crippen molar-refractivity contribution in [1.29, 1.82) is 0 Å². The molecule has 3 aromatic rings. The summed E-state index contributed by atoms with van der Waals surface area (Å²) in [5, 5.41) is 3.60. The fourth-order valence-corrected chi connectivity index (χ4v) is 7.13. The highest BCUT2D eigenvalue weighted by molar-refractivity contribution is 7.92. The third-order valence-corrected chi connectivity index (χ3v) is 10.0. The number of methoxy groups -OCH3 is 2. The van der Waals surface area contributed by atoms with Crippen LogP contribution in [0.15, 0.2) is 77.7 Å². The third-order valence-electron chi connectivity index (χ3n) is 7.90. The minimum absolute atomic E-state index is 0.0358. The first-order valence-electron chi connectivity index (χ1n) is 14.8. The van der Waals surface area contributed by atoms with Gasteiger partial charge in [-0.3, -0.25) is 13.9 Å². The largest absolute Gasteiger partial charge is 0.493 e. The minimum atomic E-state index is -4.27. The summed E-state index contributed by atoms with van der Waals surface area (Å²) in [6, 6.07) is 19.0. The van der Waals surface area contributed by atoms with Gasteiger partial charge in [0.25, 0.3) is 10.0 Å². The molecule has 1 fully saturated rings. The van der Waals surface area contributed by atoms with Crippen molar-refractivity contribution in [2.24, 2.45) is 0 Å². The van der Waals surface area contributed by atoms with Crippen molar-refractivity contribution in [2.75, 3.05) is 25.1 Å². The standard InChI is InChI=1S/C33H40ClN3O6S/c1-4-29(33(39)35-25-14-7-5-8-15-25)36(22-24-13-11-12-18-28(24)34)32(38)23-37(26-16-9-6-10-17-26)44(40,41)27-19-20-30(42-2)31(21-27)43-3/h6,9-13,16-21,25,29H,4-5,7-8,14-15,22-23H2,1-3H3,(H,35,39). The Bertz CT molecular complexity index is 1530. The van der Waals surface area contributed by atoms with E-state index in [-0.39, 0.29) is 29.1 Å². The SMILES string of the molecule is CCC(C(=O)NC1CCCCC1)N(Cc1ccccc1Cl)C(=O)CN(c1ccccc1)S(=O)(=O)c1ccc(OC)c(OC)c1. The van der Waals surface area contributed by atoms with Crippen LogP contribution in [0.4, 0.5) is 5.69 Å². The predicted octanol–water partition coefficient (Wildman–Crippen LogP) is 5.81. The van der Waals surface area contributed by atoms with Crippen molar-refractivity contribution in [3.8, 4) is 11.5 Å². The number of sulfonamides is 1. The van der Waals surface area contributed by atoms with Crippen LogP contribution in [-0.4, -0.2) is 58.0 Å². The Hall–Kier alpha value is -3.76. The van der Waals surface area contributed by atoms with Gasteiger partial charge >= 0.3 is 0 Å². The fourth-order valence-electron chi connectivity index (χ4n) is 5.50. The second-order valence-electron chi connectivity index (χ2n) is 10.7. The molecule has 11 heteroatoms. The van der Waals surface area contributed by atoms with E-state index in [1.807, 2.05) is 13.0 Å². The normalized spacial score (nSPS) is 14.4. The van der Waals surface area contributed by atoms with Crippen LogP contribution in [0.3, 0.4) is 0 Å². The highest BCUT2D eigenvalue weighted by Crippen LogP contribution is 2.32. The molecule has 0 radical (unpaired) electrons. The molecule has 0 aliphatic heterocycles. The number of hydrogen-bond donors (Lipinski definition) is 1. The van der Waals surface area contributed by atoms with Crippen molar-refractivity contribution in [3.63, 3.8) is 0 Å². The molecule has 44 heavy (non-hydrogen) atoms. The van der Waals surface area contributed by atoms with Gasteiger partial charge in [0.2, 0.25) is 11.8 Å². The molecule has 1 aliphatic carbocycles. The van der Waals surface area contributed by atoms with Gasteiger partial charge in [-0.2, -0.15) is 0 Å². The summed E-state index contributed by atoms with van der Waals surface area (Å²) in [5.74, 6) is -0.189. The number of amides is 2. The van der Waals surface area contributed by atoms with Crippen LogP contribution in [0.5, 0.6) is 11.5 Å². The number of ether oxygens (including phenoxy) is 2. The van der Waals surface area contributed by atoms with Gasteiger partial charge < -0.3 is 19.7 Å². The maximum atomic E-state index is 14.3. The van der Waals surface area contributed by atoms with Crippen LogP contribution in [0, 0.1) is 0 Å². The molecule has 3 aromatic carbocycles. The lowest BCUT2D eigenvalue weighted by atomic mass is 9.95. The summed E-state index contributed by atoms with van der Waals surface area (Å²) in [7, 11) is -1.39. The minimum Gasteiger partial charge on any atom is -0.493 e. The van der Waals surface area contributed by atoms with Crippen LogP contribution in [0.25, 0.3) is 0 Å². The molecular formula is C33H40ClN3O6S. The van der Waals surface area contributed by atoms with E-state index in [0.717, 1.165) is 36.4 Å². The second kappa shape index (κ2) is 15.3. The van der Waals surface area contributed by atoms with Crippen LogP contribution in [0.1, 0.15) is 51.0 Å². The van der Waals surface area contributed by atoms with Crippen LogP contribution in [-0.2, 0) is 26.2 Å². The number of para-hydroxylation sites is 1. The molecule has 0 bridgehead atoms. The number of nitrogens with zero attached hydrogens (tertiary/aromatic N) is 2. The molecule has 1 atom stereocenters. The van der Waals surface area contributed by atoms with Gasteiger partial charge in [0, 0.05) is 23.7 Å². The number of hydrogen-bond acceptors (Lipinski definition) is 6. The predicted molar refractivity (Wildman–Crippen MR) is 172 cm³/mol. The smallest absolute Gasteiger partial charge is 0.264 e. The summed E-state index contributed by atoms with van der Waals surface area (Å²) < 4.78 is 40.0. The zero-order chi connectivity index (χ0) is 31.7. The van der Waals surface area contributed by atoms with E-state index in [1.54, 1.807) is 48.5 Å². The summed E-state index contributed by atoms with van der Waals surface area (Å²) in [5.41, 5.74) is 0.952. The lowest BCUT2D eigenvalue weighted by Crippen LogP contribution is -2.54. The van der Waals surface area contributed by atoms with Crippen molar-refractivity contribution in [3.05, 3.63) is 83.4 Å². The average molecular weight is 642 g/mol. The lowest BCUT2D eigenvalue weighted by molar-refractivity contribution is -0.140. The van der Waals surface area contributed by atoms with E-state index in [2.05, 4.69) is 5.32 Å². The summed E-state index contributed by atoms with van der Waals surface area (Å²) >= 11 is 6.50. The molecule has 0 heterocycles. The number of nitrogens with one attached hydrogen (secondary N) is 1. The van der Waals surface area contributed by atoms with Gasteiger partial charge in [0.05, 0.1) is 24.8 Å². The van der Waals surface area contributed by atoms with Gasteiger partial charge in [-0.1, -0.05) is 74.2 Å². The van der Waals surface area contributed by atoms with Crippen LogP contribution in [0.2, 0.25) is 5.02 Å². The Morgan fingerprint density at radius 2 is 1.59 bits per heavy atom. The van der Waals surface area contributed by atoms with Crippen molar-refractivity contribution in [2.45, 2.75) is 69.0 Å². The topological polar surface area (TPSA) is 105 Å². The molecule has 236 valence electrons. The molecule has 9 nitrogen and oxygen atoms in total. The zero-order valence-corrected chi connectivity index (χ0v) is 26.9. The first-order chi connectivity index (χ1) is 21.2. The summed E-state index contributed by atoms with van der Waals surface area (Å²) in [6.45, 7) is 1.33. The van der Waals surface area contributed by atoms with Gasteiger partial charge in [0.15, 0.2) is 11.5 Å². The van der Waals surface area contributed by atoms with E-state index in [1.165, 1.54) is 37.3 Å². The van der Waals surface area contributed by atoms with Gasteiger partial charge in [-0.25, -0.2) is 8.42 Å². The first-order valence-corrected chi connectivity index (χ1v) is 16.6. The van der Waals surface area contributed by atoms with E-state index < -0.39 is 28.5 Å². The molecule has 1 saturated carbocycles. The molecule has 0 aromatic heterocycles. The maximum absolute atomic E-state index is 14.3. The molecule has 1 aliphatic rings. The average Bonchev–Trinajstić information content (AvgIpc) is 3.04. The number of carbonyl (C=O) groups is 2. The molecule has 0 saturated heterocycles. The second-order valence-corrected chi connectivity index (χ2v) is 13.0. The Labute approximate surface area is 265 Å². The van der Waals surface area contributed by atoms with Gasteiger partial charge in [-0.05, 0) is 55.2 Å². The Morgan fingerprint density at radius 1 is 0.932 bits per heavy atom. The van der Waals surface area contributed by atoms with Crippen molar-refractivity contribution < 1.29 is 27.5 Å². The Kier molecular flexibility index (Phi) is 11.5. The third kappa shape index (κ3) is 7.84.